The van der Waals surface area contributed by atoms with Crippen LogP contribution >= 0.6 is 0 Å². The molecule has 2 aromatic heterocycles. The Balaban J connectivity index is 1.55. The van der Waals surface area contributed by atoms with Crippen LogP contribution < -0.4 is 5.32 Å². The number of fused-ring (bicyclic) bond motifs is 2. The van der Waals surface area contributed by atoms with Gasteiger partial charge in [-0.1, -0.05) is 11.3 Å². The lowest BCUT2D eigenvalue weighted by Crippen LogP contribution is -2.43. The summed E-state index contributed by atoms with van der Waals surface area (Å²) in [4.78, 5) is 24.7. The van der Waals surface area contributed by atoms with Gasteiger partial charge in [0.05, 0.1) is 18.8 Å². The SMILES string of the molecule is COC(=O)[C@H](NC(=O)c1ccn2nncc2c1)C1=CCC2CC2C1. The lowest BCUT2D eigenvalue weighted by molar-refractivity contribution is -0.141. The van der Waals surface area contributed by atoms with Crippen LogP contribution in [0.25, 0.3) is 5.52 Å². The second kappa shape index (κ2) is 5.74. The smallest absolute Gasteiger partial charge is 0.332 e. The molecule has 0 aliphatic heterocycles. The molecule has 24 heavy (non-hydrogen) atoms. The third-order valence-corrected chi connectivity index (χ3v) is 4.90. The van der Waals surface area contributed by atoms with Crippen LogP contribution in [0, 0.1) is 11.8 Å². The maximum absolute atomic E-state index is 12.6. The highest BCUT2D eigenvalue weighted by Gasteiger charge is 2.41. The summed E-state index contributed by atoms with van der Waals surface area (Å²) in [6.07, 6.45) is 8.38. The minimum absolute atomic E-state index is 0.312. The fourth-order valence-electron chi connectivity index (χ4n) is 3.38. The highest BCUT2D eigenvalue weighted by molar-refractivity contribution is 5.98. The second-order valence-corrected chi connectivity index (χ2v) is 6.42. The third-order valence-electron chi connectivity index (χ3n) is 4.90. The summed E-state index contributed by atoms with van der Waals surface area (Å²) >= 11 is 0. The van der Waals surface area contributed by atoms with Crippen LogP contribution in [0.1, 0.15) is 29.6 Å². The van der Waals surface area contributed by atoms with Crippen molar-refractivity contribution in [3.63, 3.8) is 0 Å². The van der Waals surface area contributed by atoms with E-state index in [0.717, 1.165) is 29.8 Å². The van der Waals surface area contributed by atoms with Crippen molar-refractivity contribution in [3.05, 3.63) is 41.7 Å². The zero-order valence-corrected chi connectivity index (χ0v) is 13.3. The second-order valence-electron chi connectivity index (χ2n) is 6.42. The van der Waals surface area contributed by atoms with E-state index in [9.17, 15) is 9.59 Å². The molecule has 2 aliphatic carbocycles. The first-order valence-electron chi connectivity index (χ1n) is 8.03. The van der Waals surface area contributed by atoms with E-state index >= 15 is 0 Å². The molecule has 1 N–H and O–H groups in total. The number of methoxy groups -OCH3 is 1. The van der Waals surface area contributed by atoms with Crippen molar-refractivity contribution in [2.75, 3.05) is 7.11 Å². The first-order valence-corrected chi connectivity index (χ1v) is 8.03. The maximum Gasteiger partial charge on any atom is 0.332 e. The van der Waals surface area contributed by atoms with Crippen molar-refractivity contribution >= 4 is 17.4 Å². The lowest BCUT2D eigenvalue weighted by Gasteiger charge is -2.22. The van der Waals surface area contributed by atoms with Crippen molar-refractivity contribution in [1.82, 2.24) is 20.1 Å². The van der Waals surface area contributed by atoms with E-state index in [1.165, 1.54) is 13.5 Å². The molecule has 7 nitrogen and oxygen atoms in total. The first-order chi connectivity index (χ1) is 11.7. The Morgan fingerprint density at radius 1 is 1.42 bits per heavy atom. The van der Waals surface area contributed by atoms with Crippen LogP contribution in [0.5, 0.6) is 0 Å². The minimum atomic E-state index is -0.719. The van der Waals surface area contributed by atoms with Gasteiger partial charge in [0.1, 0.15) is 6.04 Å². The molecule has 2 aromatic rings. The summed E-state index contributed by atoms with van der Waals surface area (Å²) in [6, 6.07) is 2.62. The van der Waals surface area contributed by atoms with Crippen molar-refractivity contribution in [1.29, 1.82) is 0 Å². The van der Waals surface area contributed by atoms with E-state index in [-0.39, 0.29) is 5.91 Å². The number of aromatic nitrogens is 3. The molecule has 0 aromatic carbocycles. The standard InChI is InChI=1S/C17H18N4O3/c1-24-17(23)15(11-3-2-10-6-13(10)7-11)19-16(22)12-4-5-21-14(8-12)9-18-20-21/h3-5,8-10,13,15H,2,6-7H2,1H3,(H,19,22)/t10?,13?,15-/m1/s1. The Morgan fingerprint density at radius 2 is 2.29 bits per heavy atom. The molecule has 0 spiro atoms. The number of carbonyl (C=O) groups is 2. The van der Waals surface area contributed by atoms with Gasteiger partial charge < -0.3 is 10.1 Å². The molecule has 0 saturated heterocycles. The molecule has 2 heterocycles. The zero-order valence-electron chi connectivity index (χ0n) is 13.3. The molecule has 1 saturated carbocycles. The Morgan fingerprint density at radius 3 is 3.08 bits per heavy atom. The number of nitrogens with one attached hydrogen (secondary N) is 1. The predicted molar refractivity (Wildman–Crippen MR) is 85.2 cm³/mol. The van der Waals surface area contributed by atoms with Crippen molar-refractivity contribution in [3.8, 4) is 0 Å². The topological polar surface area (TPSA) is 85.6 Å². The number of ether oxygens (including phenoxy) is 1. The summed E-state index contributed by atoms with van der Waals surface area (Å²) in [6.45, 7) is 0. The number of rotatable bonds is 4. The van der Waals surface area contributed by atoms with Crippen LogP contribution in [0.4, 0.5) is 0 Å². The average molecular weight is 326 g/mol. The molecule has 7 heteroatoms. The van der Waals surface area contributed by atoms with Gasteiger partial charge in [-0.3, -0.25) is 4.79 Å². The van der Waals surface area contributed by atoms with E-state index in [2.05, 4.69) is 21.7 Å². The van der Waals surface area contributed by atoms with Crippen LogP contribution in [-0.4, -0.2) is 39.9 Å². The number of esters is 1. The minimum Gasteiger partial charge on any atom is -0.467 e. The maximum atomic E-state index is 12.6. The van der Waals surface area contributed by atoms with Gasteiger partial charge in [-0.15, -0.1) is 5.10 Å². The van der Waals surface area contributed by atoms with E-state index in [0.29, 0.717) is 11.5 Å². The molecule has 4 rings (SSSR count). The van der Waals surface area contributed by atoms with Gasteiger partial charge in [-0.25, -0.2) is 9.31 Å². The van der Waals surface area contributed by atoms with Crippen LogP contribution in [0.3, 0.4) is 0 Å². The molecule has 1 amide bonds. The van der Waals surface area contributed by atoms with E-state index in [4.69, 9.17) is 4.74 Å². The lowest BCUT2D eigenvalue weighted by atomic mass is 9.93. The van der Waals surface area contributed by atoms with Crippen molar-refractivity contribution < 1.29 is 14.3 Å². The van der Waals surface area contributed by atoms with Crippen LogP contribution in [0.2, 0.25) is 0 Å². The number of nitrogens with zero attached hydrogens (tertiary/aromatic N) is 3. The largest absolute Gasteiger partial charge is 0.467 e. The Hall–Kier alpha value is -2.70. The number of allylic oxidation sites excluding steroid dienone is 1. The van der Waals surface area contributed by atoms with E-state index in [1.54, 1.807) is 29.0 Å². The van der Waals surface area contributed by atoms with Gasteiger partial charge in [0.2, 0.25) is 0 Å². The highest BCUT2D eigenvalue weighted by atomic mass is 16.5. The molecule has 1 fully saturated rings. The average Bonchev–Trinajstić information content (AvgIpc) is 3.23. The number of amides is 1. The molecule has 2 unspecified atom stereocenters. The molecule has 0 bridgehead atoms. The first kappa shape index (κ1) is 14.9. The van der Waals surface area contributed by atoms with Crippen LogP contribution in [-0.2, 0) is 9.53 Å². The van der Waals surface area contributed by atoms with Gasteiger partial charge in [0.25, 0.3) is 5.91 Å². The van der Waals surface area contributed by atoms with Crippen molar-refractivity contribution in [2.45, 2.75) is 25.3 Å². The van der Waals surface area contributed by atoms with Crippen LogP contribution in [0.15, 0.2) is 36.2 Å². The predicted octanol–water partition coefficient (Wildman–Crippen LogP) is 1.36. The zero-order chi connectivity index (χ0) is 16.7. The number of pyridine rings is 1. The third kappa shape index (κ3) is 2.66. The molecule has 3 atom stereocenters. The number of carbonyl (C=O) groups excluding carboxylic acids is 2. The van der Waals surface area contributed by atoms with Gasteiger partial charge >= 0.3 is 5.97 Å². The van der Waals surface area contributed by atoms with Gasteiger partial charge in [-0.2, -0.15) is 0 Å². The van der Waals surface area contributed by atoms with E-state index < -0.39 is 12.0 Å². The van der Waals surface area contributed by atoms with Crippen molar-refractivity contribution in [2.24, 2.45) is 11.8 Å². The Bertz CT molecular complexity index is 841. The van der Waals surface area contributed by atoms with Gasteiger partial charge in [0.15, 0.2) is 0 Å². The Kier molecular flexibility index (Phi) is 3.55. The highest BCUT2D eigenvalue weighted by Crippen LogP contribution is 2.49. The summed E-state index contributed by atoms with van der Waals surface area (Å²) in [7, 11) is 1.34. The summed E-state index contributed by atoms with van der Waals surface area (Å²) in [5, 5.41) is 10.5. The van der Waals surface area contributed by atoms with Gasteiger partial charge in [0, 0.05) is 11.8 Å². The number of hydrogen-bond donors (Lipinski definition) is 1. The Labute approximate surface area is 138 Å². The van der Waals surface area contributed by atoms with Gasteiger partial charge in [-0.05, 0) is 48.8 Å². The molecule has 0 radical (unpaired) electrons. The molecular formula is C17H18N4O3. The normalized spacial score (nSPS) is 23.1. The fraction of sp³-hybridized carbons (Fsp3) is 0.412. The monoisotopic (exact) mass is 326 g/mol. The summed E-state index contributed by atoms with van der Waals surface area (Å²) in [5.74, 6) is 0.677. The fourth-order valence-corrected chi connectivity index (χ4v) is 3.38. The molecule has 2 aliphatic rings. The molecular weight excluding hydrogens is 308 g/mol. The van der Waals surface area contributed by atoms with E-state index in [1.807, 2.05) is 0 Å². The molecule has 124 valence electrons. The summed E-state index contributed by atoms with van der Waals surface area (Å²) < 4.78 is 6.47. The quantitative estimate of drug-likeness (QED) is 0.677. The number of hydrogen-bond acceptors (Lipinski definition) is 5. The summed E-state index contributed by atoms with van der Waals surface area (Å²) in [5.41, 5.74) is 2.13.